The second kappa shape index (κ2) is 6.81. The second-order valence-corrected chi connectivity index (χ2v) is 6.04. The van der Waals surface area contributed by atoms with Crippen molar-refractivity contribution in [2.45, 2.75) is 13.1 Å². The van der Waals surface area contributed by atoms with Gasteiger partial charge in [0.25, 0.3) is 0 Å². The van der Waals surface area contributed by atoms with Crippen LogP contribution in [0.5, 0.6) is 0 Å². The van der Waals surface area contributed by atoms with Gasteiger partial charge in [-0.3, -0.25) is 9.80 Å². The molecule has 1 fully saturated rings. The first-order chi connectivity index (χ1) is 10.7. The second-order valence-electron chi connectivity index (χ2n) is 6.04. The largest absolute Gasteiger partial charge is 0.399 e. The highest BCUT2D eigenvalue weighted by Crippen LogP contribution is 2.13. The van der Waals surface area contributed by atoms with Crippen LogP contribution in [0.3, 0.4) is 0 Å². The molecule has 1 aliphatic heterocycles. The molecule has 22 heavy (non-hydrogen) atoms. The summed E-state index contributed by atoms with van der Waals surface area (Å²) in [6.07, 6.45) is 0. The Balaban J connectivity index is 1.47. The molecule has 0 saturated carbocycles. The van der Waals surface area contributed by atoms with Crippen molar-refractivity contribution in [1.82, 2.24) is 9.80 Å². The number of piperazine rings is 1. The molecule has 2 aromatic carbocycles. The maximum Gasteiger partial charge on any atom is 0.0314 e. The summed E-state index contributed by atoms with van der Waals surface area (Å²) in [4.78, 5) is 5.01. The van der Waals surface area contributed by atoms with Crippen LogP contribution in [0, 0.1) is 0 Å². The highest BCUT2D eigenvalue weighted by Gasteiger charge is 2.16. The number of rotatable bonds is 4. The van der Waals surface area contributed by atoms with Gasteiger partial charge in [0.15, 0.2) is 0 Å². The average Bonchev–Trinajstić information content (AvgIpc) is 2.54. The van der Waals surface area contributed by atoms with E-state index >= 15 is 0 Å². The Kier molecular flexibility index (Phi) is 4.61. The SMILES string of the molecule is Nc1ccc(CN2CCN(Cc3ccc(N)cc3)CC2)cc1. The third-order valence-corrected chi connectivity index (χ3v) is 4.24. The lowest BCUT2D eigenvalue weighted by atomic mass is 10.1. The van der Waals surface area contributed by atoms with Gasteiger partial charge in [0.1, 0.15) is 0 Å². The first-order valence-corrected chi connectivity index (χ1v) is 7.82. The molecular formula is C18H24N4. The summed E-state index contributed by atoms with van der Waals surface area (Å²) in [5, 5.41) is 0. The van der Waals surface area contributed by atoms with Crippen LogP contribution < -0.4 is 11.5 Å². The van der Waals surface area contributed by atoms with Gasteiger partial charge in [-0.1, -0.05) is 24.3 Å². The number of anilines is 2. The Labute approximate surface area is 132 Å². The van der Waals surface area contributed by atoms with E-state index in [1.807, 2.05) is 24.3 Å². The number of benzene rings is 2. The predicted molar refractivity (Wildman–Crippen MR) is 92.3 cm³/mol. The minimum atomic E-state index is 0.831. The lowest BCUT2D eigenvalue weighted by Gasteiger charge is -2.34. The fourth-order valence-electron chi connectivity index (χ4n) is 2.87. The van der Waals surface area contributed by atoms with Crippen molar-refractivity contribution in [3.05, 3.63) is 59.7 Å². The zero-order valence-electron chi connectivity index (χ0n) is 12.9. The number of hydrogen-bond donors (Lipinski definition) is 2. The van der Waals surface area contributed by atoms with Gasteiger partial charge in [0.05, 0.1) is 0 Å². The molecule has 0 atom stereocenters. The highest BCUT2D eigenvalue weighted by molar-refractivity contribution is 5.40. The van der Waals surface area contributed by atoms with Crippen LogP contribution in [0.1, 0.15) is 11.1 Å². The van der Waals surface area contributed by atoms with E-state index in [4.69, 9.17) is 11.5 Å². The number of nitrogens with zero attached hydrogens (tertiary/aromatic N) is 2. The molecule has 0 unspecified atom stereocenters. The molecule has 1 saturated heterocycles. The lowest BCUT2D eigenvalue weighted by Crippen LogP contribution is -2.45. The van der Waals surface area contributed by atoms with E-state index in [9.17, 15) is 0 Å². The summed E-state index contributed by atoms with van der Waals surface area (Å²) in [7, 11) is 0. The lowest BCUT2D eigenvalue weighted by molar-refractivity contribution is 0.122. The fourth-order valence-corrected chi connectivity index (χ4v) is 2.87. The number of nitrogens with two attached hydrogens (primary N) is 2. The van der Waals surface area contributed by atoms with Crippen molar-refractivity contribution in [2.75, 3.05) is 37.6 Å². The maximum atomic E-state index is 5.73. The van der Waals surface area contributed by atoms with Crippen LogP contribution in [0.4, 0.5) is 11.4 Å². The molecule has 0 aromatic heterocycles. The molecule has 1 aliphatic rings. The van der Waals surface area contributed by atoms with Crippen LogP contribution in [0.2, 0.25) is 0 Å². The van der Waals surface area contributed by atoms with E-state index < -0.39 is 0 Å². The number of hydrogen-bond acceptors (Lipinski definition) is 4. The normalized spacial score (nSPS) is 16.7. The van der Waals surface area contributed by atoms with E-state index in [1.165, 1.54) is 11.1 Å². The zero-order chi connectivity index (χ0) is 15.4. The van der Waals surface area contributed by atoms with Gasteiger partial charge in [-0.25, -0.2) is 0 Å². The van der Waals surface area contributed by atoms with E-state index in [0.29, 0.717) is 0 Å². The van der Waals surface area contributed by atoms with E-state index in [0.717, 1.165) is 50.6 Å². The molecule has 4 N–H and O–H groups in total. The Morgan fingerprint density at radius 2 is 0.909 bits per heavy atom. The fraction of sp³-hybridized carbons (Fsp3) is 0.333. The molecule has 1 heterocycles. The molecule has 0 spiro atoms. The zero-order valence-corrected chi connectivity index (χ0v) is 12.9. The minimum absolute atomic E-state index is 0.831. The third-order valence-electron chi connectivity index (χ3n) is 4.24. The topological polar surface area (TPSA) is 58.5 Å². The Morgan fingerprint density at radius 1 is 0.591 bits per heavy atom. The van der Waals surface area contributed by atoms with Crippen molar-refractivity contribution >= 4 is 11.4 Å². The van der Waals surface area contributed by atoms with Crippen molar-refractivity contribution in [3.63, 3.8) is 0 Å². The third kappa shape index (κ3) is 4.00. The average molecular weight is 296 g/mol. The Morgan fingerprint density at radius 3 is 1.23 bits per heavy atom. The molecule has 116 valence electrons. The van der Waals surface area contributed by atoms with Crippen LogP contribution >= 0.6 is 0 Å². The van der Waals surface area contributed by atoms with Crippen molar-refractivity contribution in [1.29, 1.82) is 0 Å². The molecule has 0 aliphatic carbocycles. The summed E-state index contributed by atoms with van der Waals surface area (Å²) in [5.41, 5.74) is 15.8. The smallest absolute Gasteiger partial charge is 0.0314 e. The molecular weight excluding hydrogens is 272 g/mol. The van der Waals surface area contributed by atoms with E-state index in [2.05, 4.69) is 34.1 Å². The van der Waals surface area contributed by atoms with Gasteiger partial charge in [0, 0.05) is 50.6 Å². The Hall–Kier alpha value is -2.04. The molecule has 4 nitrogen and oxygen atoms in total. The van der Waals surface area contributed by atoms with Gasteiger partial charge in [-0.2, -0.15) is 0 Å². The molecule has 3 rings (SSSR count). The van der Waals surface area contributed by atoms with Crippen molar-refractivity contribution in [3.8, 4) is 0 Å². The van der Waals surface area contributed by atoms with Gasteiger partial charge in [0.2, 0.25) is 0 Å². The van der Waals surface area contributed by atoms with Crippen LogP contribution in [0.15, 0.2) is 48.5 Å². The summed E-state index contributed by atoms with van der Waals surface area (Å²) >= 11 is 0. The van der Waals surface area contributed by atoms with Crippen LogP contribution in [-0.2, 0) is 13.1 Å². The summed E-state index contributed by atoms with van der Waals surface area (Å²) < 4.78 is 0. The summed E-state index contributed by atoms with van der Waals surface area (Å²) in [5.74, 6) is 0. The van der Waals surface area contributed by atoms with E-state index in [1.54, 1.807) is 0 Å². The predicted octanol–water partition coefficient (Wildman–Crippen LogP) is 2.17. The van der Waals surface area contributed by atoms with Gasteiger partial charge in [-0.15, -0.1) is 0 Å². The van der Waals surface area contributed by atoms with Crippen LogP contribution in [-0.4, -0.2) is 36.0 Å². The first-order valence-electron chi connectivity index (χ1n) is 7.82. The minimum Gasteiger partial charge on any atom is -0.399 e. The molecule has 0 amide bonds. The highest BCUT2D eigenvalue weighted by atomic mass is 15.3. The first kappa shape index (κ1) is 14.9. The maximum absolute atomic E-state index is 5.73. The molecule has 4 heteroatoms. The number of nitrogen functional groups attached to an aromatic ring is 2. The van der Waals surface area contributed by atoms with Gasteiger partial charge >= 0.3 is 0 Å². The van der Waals surface area contributed by atoms with Crippen molar-refractivity contribution < 1.29 is 0 Å². The van der Waals surface area contributed by atoms with Gasteiger partial charge in [-0.05, 0) is 35.4 Å². The van der Waals surface area contributed by atoms with Crippen LogP contribution in [0.25, 0.3) is 0 Å². The molecule has 0 bridgehead atoms. The molecule has 2 aromatic rings. The standard InChI is InChI=1S/C18H24N4/c19-17-5-1-15(2-6-17)13-21-9-11-22(12-10-21)14-16-3-7-18(20)8-4-16/h1-8H,9-14,19-20H2. The summed E-state index contributed by atoms with van der Waals surface area (Å²) in [6.45, 7) is 6.46. The quantitative estimate of drug-likeness (QED) is 0.849. The van der Waals surface area contributed by atoms with E-state index in [-0.39, 0.29) is 0 Å². The van der Waals surface area contributed by atoms with Gasteiger partial charge < -0.3 is 11.5 Å². The van der Waals surface area contributed by atoms with Crippen molar-refractivity contribution in [2.24, 2.45) is 0 Å². The Bertz CT molecular complexity index is 528. The monoisotopic (exact) mass is 296 g/mol. The molecule has 0 radical (unpaired) electrons. The summed E-state index contributed by atoms with van der Waals surface area (Å²) in [6, 6.07) is 16.4.